The first-order chi connectivity index (χ1) is 7.69. The molecule has 3 nitrogen and oxygen atoms in total. The number of hydrogen-bond acceptors (Lipinski definition) is 3. The van der Waals surface area contributed by atoms with Gasteiger partial charge in [0.15, 0.2) is 0 Å². The molecule has 0 spiro atoms. The summed E-state index contributed by atoms with van der Waals surface area (Å²) in [5.74, 6) is 3.55. The average Bonchev–Trinajstić information content (AvgIpc) is 2.26. The van der Waals surface area contributed by atoms with Crippen molar-refractivity contribution >= 4 is 21.7 Å². The van der Waals surface area contributed by atoms with E-state index >= 15 is 0 Å². The summed E-state index contributed by atoms with van der Waals surface area (Å²) in [7, 11) is 1.95. The van der Waals surface area contributed by atoms with Gasteiger partial charge in [0.25, 0.3) is 0 Å². The third-order valence-electron chi connectivity index (χ3n) is 2.16. The number of anilines is 1. The lowest BCUT2D eigenvalue weighted by Crippen LogP contribution is -2.22. The van der Waals surface area contributed by atoms with Gasteiger partial charge in [-0.3, -0.25) is 0 Å². The lowest BCUT2D eigenvalue weighted by atomic mass is 10.2. The van der Waals surface area contributed by atoms with Gasteiger partial charge >= 0.3 is 0 Å². The maximum Gasteiger partial charge on any atom is 0.133 e. The Labute approximate surface area is 105 Å². The molecule has 0 aliphatic rings. The molecule has 0 aliphatic carbocycles. The molecule has 0 bridgehead atoms. The molecule has 1 rings (SSSR count). The van der Waals surface area contributed by atoms with Crippen LogP contribution in [0.5, 0.6) is 0 Å². The SMILES string of the molecule is C#CCN(C)c1ncc(Br)cc1CNCC. The van der Waals surface area contributed by atoms with E-state index in [1.54, 1.807) is 6.20 Å². The maximum atomic E-state index is 5.30. The lowest BCUT2D eigenvalue weighted by molar-refractivity contribution is 0.721. The van der Waals surface area contributed by atoms with Crippen LogP contribution in [0, 0.1) is 12.3 Å². The van der Waals surface area contributed by atoms with Crippen LogP contribution in [-0.2, 0) is 6.54 Å². The minimum Gasteiger partial charge on any atom is -0.348 e. The van der Waals surface area contributed by atoms with Gasteiger partial charge in [0, 0.05) is 29.8 Å². The first-order valence-electron chi connectivity index (χ1n) is 5.18. The zero-order chi connectivity index (χ0) is 12.0. The van der Waals surface area contributed by atoms with Crippen molar-refractivity contribution in [3.05, 3.63) is 22.3 Å². The molecule has 0 saturated heterocycles. The summed E-state index contributed by atoms with van der Waals surface area (Å²) < 4.78 is 0.985. The van der Waals surface area contributed by atoms with Gasteiger partial charge in [-0.1, -0.05) is 12.8 Å². The van der Waals surface area contributed by atoms with Gasteiger partial charge in [-0.15, -0.1) is 6.42 Å². The summed E-state index contributed by atoms with van der Waals surface area (Å²) in [5, 5.41) is 3.29. The van der Waals surface area contributed by atoms with Crippen molar-refractivity contribution in [2.45, 2.75) is 13.5 Å². The molecule has 0 atom stereocenters. The van der Waals surface area contributed by atoms with Gasteiger partial charge in [0.1, 0.15) is 5.82 Å². The van der Waals surface area contributed by atoms with E-state index in [0.29, 0.717) is 6.54 Å². The molecule has 1 aromatic heterocycles. The van der Waals surface area contributed by atoms with E-state index < -0.39 is 0 Å². The van der Waals surface area contributed by atoms with Crippen molar-refractivity contribution in [3.63, 3.8) is 0 Å². The van der Waals surface area contributed by atoms with Crippen LogP contribution < -0.4 is 10.2 Å². The van der Waals surface area contributed by atoms with Crippen LogP contribution in [0.4, 0.5) is 5.82 Å². The Morgan fingerprint density at radius 2 is 2.38 bits per heavy atom. The number of hydrogen-bond donors (Lipinski definition) is 1. The fourth-order valence-electron chi connectivity index (χ4n) is 1.42. The molecule has 1 heterocycles. The van der Waals surface area contributed by atoms with Crippen LogP contribution in [0.15, 0.2) is 16.7 Å². The smallest absolute Gasteiger partial charge is 0.133 e. The third kappa shape index (κ3) is 3.51. The molecule has 86 valence electrons. The first-order valence-corrected chi connectivity index (χ1v) is 5.98. The topological polar surface area (TPSA) is 28.2 Å². The van der Waals surface area contributed by atoms with Crippen LogP contribution in [0.2, 0.25) is 0 Å². The predicted molar refractivity (Wildman–Crippen MR) is 71.4 cm³/mol. The second-order valence-corrected chi connectivity index (χ2v) is 4.39. The summed E-state index contributed by atoms with van der Waals surface area (Å²) in [6.07, 6.45) is 7.09. The minimum absolute atomic E-state index is 0.563. The highest BCUT2D eigenvalue weighted by Crippen LogP contribution is 2.20. The standard InChI is InChI=1S/C12H16BrN3/c1-4-6-16(3)12-10(8-14-5-2)7-11(13)9-15-12/h1,7,9,14H,5-6,8H2,2-3H3. The van der Waals surface area contributed by atoms with Crippen LogP contribution in [0.1, 0.15) is 12.5 Å². The van der Waals surface area contributed by atoms with E-state index in [1.807, 2.05) is 11.9 Å². The highest BCUT2D eigenvalue weighted by Gasteiger charge is 2.08. The zero-order valence-corrected chi connectivity index (χ0v) is 11.2. The molecule has 0 fully saturated rings. The summed E-state index contributed by atoms with van der Waals surface area (Å²) in [6, 6.07) is 2.07. The Morgan fingerprint density at radius 1 is 1.62 bits per heavy atom. The number of aromatic nitrogens is 1. The van der Waals surface area contributed by atoms with E-state index in [2.05, 4.69) is 45.1 Å². The van der Waals surface area contributed by atoms with E-state index in [1.165, 1.54) is 0 Å². The lowest BCUT2D eigenvalue weighted by Gasteiger charge is -2.19. The Morgan fingerprint density at radius 3 is 3.00 bits per heavy atom. The maximum absolute atomic E-state index is 5.30. The van der Waals surface area contributed by atoms with Gasteiger partial charge in [-0.05, 0) is 28.5 Å². The zero-order valence-electron chi connectivity index (χ0n) is 9.63. The average molecular weight is 282 g/mol. The van der Waals surface area contributed by atoms with Crippen molar-refractivity contribution in [2.75, 3.05) is 25.0 Å². The second-order valence-electron chi connectivity index (χ2n) is 3.48. The highest BCUT2D eigenvalue weighted by molar-refractivity contribution is 9.10. The molecule has 0 saturated carbocycles. The number of halogens is 1. The Hall–Kier alpha value is -1.05. The summed E-state index contributed by atoms with van der Waals surface area (Å²) in [6.45, 7) is 4.38. The number of terminal acetylenes is 1. The molecular weight excluding hydrogens is 266 g/mol. The largest absolute Gasteiger partial charge is 0.348 e. The van der Waals surface area contributed by atoms with Crippen molar-refractivity contribution in [3.8, 4) is 12.3 Å². The molecular formula is C12H16BrN3. The van der Waals surface area contributed by atoms with E-state index in [4.69, 9.17) is 6.42 Å². The molecule has 0 unspecified atom stereocenters. The third-order valence-corrected chi connectivity index (χ3v) is 2.60. The number of nitrogens with one attached hydrogen (secondary N) is 1. The second kappa shape index (κ2) is 6.51. The van der Waals surface area contributed by atoms with Crippen molar-refractivity contribution in [1.82, 2.24) is 10.3 Å². The molecule has 0 amide bonds. The number of pyridine rings is 1. The quantitative estimate of drug-likeness (QED) is 0.838. The monoisotopic (exact) mass is 281 g/mol. The van der Waals surface area contributed by atoms with E-state index in [-0.39, 0.29) is 0 Å². The molecule has 0 aliphatic heterocycles. The highest BCUT2D eigenvalue weighted by atomic mass is 79.9. The summed E-state index contributed by atoms with van der Waals surface area (Å²) >= 11 is 3.43. The molecule has 0 aromatic carbocycles. The van der Waals surface area contributed by atoms with Gasteiger partial charge in [-0.25, -0.2) is 4.98 Å². The van der Waals surface area contributed by atoms with Crippen LogP contribution in [-0.4, -0.2) is 25.1 Å². The van der Waals surface area contributed by atoms with Crippen LogP contribution >= 0.6 is 15.9 Å². The molecule has 4 heteroatoms. The molecule has 1 aromatic rings. The number of rotatable bonds is 5. The van der Waals surface area contributed by atoms with Gasteiger partial charge in [-0.2, -0.15) is 0 Å². The normalized spacial score (nSPS) is 9.88. The minimum atomic E-state index is 0.563. The Kier molecular flexibility index (Phi) is 5.30. The Balaban J connectivity index is 2.93. The van der Waals surface area contributed by atoms with Crippen LogP contribution in [0.25, 0.3) is 0 Å². The molecule has 0 radical (unpaired) electrons. The fraction of sp³-hybridized carbons (Fsp3) is 0.417. The first kappa shape index (κ1) is 13.0. The van der Waals surface area contributed by atoms with E-state index in [0.717, 1.165) is 28.9 Å². The summed E-state index contributed by atoms with van der Waals surface area (Å²) in [5.41, 5.74) is 1.15. The molecule has 16 heavy (non-hydrogen) atoms. The predicted octanol–water partition coefficient (Wildman–Crippen LogP) is 2.02. The van der Waals surface area contributed by atoms with E-state index in [9.17, 15) is 0 Å². The van der Waals surface area contributed by atoms with Crippen molar-refractivity contribution in [1.29, 1.82) is 0 Å². The van der Waals surface area contributed by atoms with Crippen molar-refractivity contribution < 1.29 is 0 Å². The van der Waals surface area contributed by atoms with Crippen LogP contribution in [0.3, 0.4) is 0 Å². The van der Waals surface area contributed by atoms with Gasteiger partial charge in [0.2, 0.25) is 0 Å². The number of nitrogens with zero attached hydrogens (tertiary/aromatic N) is 2. The van der Waals surface area contributed by atoms with Gasteiger partial charge < -0.3 is 10.2 Å². The summed E-state index contributed by atoms with van der Waals surface area (Å²) in [4.78, 5) is 6.36. The van der Waals surface area contributed by atoms with Gasteiger partial charge in [0.05, 0.1) is 6.54 Å². The Bertz CT molecular complexity index is 384. The fourth-order valence-corrected chi connectivity index (χ4v) is 1.80. The molecule has 1 N–H and O–H groups in total. The van der Waals surface area contributed by atoms with Crippen molar-refractivity contribution in [2.24, 2.45) is 0 Å².